The minimum atomic E-state index is -0.387. The molecule has 1 aliphatic carbocycles. The minimum absolute atomic E-state index is 0.387. The van der Waals surface area contributed by atoms with E-state index < -0.39 is 0 Å². The highest BCUT2D eigenvalue weighted by Crippen LogP contribution is 2.43. The molecule has 2 rings (SSSR count). The Bertz CT molecular complexity index is 501. The van der Waals surface area contributed by atoms with Crippen molar-refractivity contribution in [3.8, 4) is 0 Å². The summed E-state index contributed by atoms with van der Waals surface area (Å²) in [5.74, 6) is 0. The van der Waals surface area contributed by atoms with Crippen LogP contribution >= 0.6 is 11.6 Å². The van der Waals surface area contributed by atoms with Crippen LogP contribution < -0.4 is 0 Å². The zero-order valence-corrected chi connectivity index (χ0v) is 12.2. The molecule has 1 aromatic rings. The van der Waals surface area contributed by atoms with Gasteiger partial charge in [0.05, 0.1) is 5.54 Å². The van der Waals surface area contributed by atoms with E-state index in [1.807, 2.05) is 26.2 Å². The van der Waals surface area contributed by atoms with Crippen LogP contribution in [0, 0.1) is 0 Å². The largest absolute Gasteiger partial charge is 0.305 e. The standard InChI is InChI=1S/C15H19ClN2O/c1-18(2)10-12-5-6-13(9-14(12)16)15(17-11-19)7-3-4-8-15/h5-6,9H,3-4,7-8,10H2,1-2H3. The summed E-state index contributed by atoms with van der Waals surface area (Å²) in [6.07, 6.45) is 5.75. The van der Waals surface area contributed by atoms with Crippen molar-refractivity contribution in [2.45, 2.75) is 37.8 Å². The van der Waals surface area contributed by atoms with Crippen LogP contribution in [0.25, 0.3) is 0 Å². The number of benzene rings is 1. The Labute approximate surface area is 119 Å². The fourth-order valence-electron chi connectivity index (χ4n) is 2.82. The van der Waals surface area contributed by atoms with E-state index in [4.69, 9.17) is 11.6 Å². The first-order chi connectivity index (χ1) is 9.07. The predicted molar refractivity (Wildman–Crippen MR) is 77.1 cm³/mol. The lowest BCUT2D eigenvalue weighted by molar-refractivity contribution is 0.402. The molecule has 0 atom stereocenters. The smallest absolute Gasteiger partial charge is 0.235 e. The summed E-state index contributed by atoms with van der Waals surface area (Å²) < 4.78 is 0. The van der Waals surface area contributed by atoms with E-state index in [-0.39, 0.29) is 5.54 Å². The molecule has 0 heterocycles. The first-order valence-electron chi connectivity index (χ1n) is 6.60. The molecule has 0 bridgehead atoms. The summed E-state index contributed by atoms with van der Waals surface area (Å²) in [5, 5.41) is 0.749. The van der Waals surface area contributed by atoms with Gasteiger partial charge in [0.1, 0.15) is 0 Å². The van der Waals surface area contributed by atoms with Crippen LogP contribution in [0.3, 0.4) is 0 Å². The lowest BCUT2D eigenvalue weighted by Crippen LogP contribution is -2.19. The van der Waals surface area contributed by atoms with Crippen molar-refractivity contribution >= 4 is 17.7 Å². The Hall–Kier alpha value is -1.15. The normalized spacial score (nSPS) is 17.5. The third-order valence-corrected chi connectivity index (χ3v) is 4.12. The van der Waals surface area contributed by atoms with Gasteiger partial charge in [-0.2, -0.15) is 4.99 Å². The van der Waals surface area contributed by atoms with Crippen molar-refractivity contribution in [1.29, 1.82) is 0 Å². The molecule has 0 N–H and O–H groups in total. The molecule has 1 aliphatic rings. The molecule has 102 valence electrons. The highest BCUT2D eigenvalue weighted by molar-refractivity contribution is 6.31. The maximum absolute atomic E-state index is 10.7. The van der Waals surface area contributed by atoms with Gasteiger partial charge in [-0.3, -0.25) is 0 Å². The molecular formula is C15H19ClN2O. The van der Waals surface area contributed by atoms with Crippen LogP contribution in [-0.4, -0.2) is 25.1 Å². The molecule has 1 saturated carbocycles. The number of hydrogen-bond donors (Lipinski definition) is 0. The van der Waals surface area contributed by atoms with Gasteiger partial charge in [-0.25, -0.2) is 4.79 Å². The van der Waals surface area contributed by atoms with Gasteiger partial charge in [0.25, 0.3) is 0 Å². The lowest BCUT2D eigenvalue weighted by Gasteiger charge is -2.24. The number of rotatable bonds is 4. The molecule has 0 unspecified atom stereocenters. The Morgan fingerprint density at radius 3 is 2.58 bits per heavy atom. The van der Waals surface area contributed by atoms with Crippen molar-refractivity contribution in [3.05, 3.63) is 34.3 Å². The molecule has 0 saturated heterocycles. The van der Waals surface area contributed by atoms with Crippen LogP contribution in [0.2, 0.25) is 5.02 Å². The fourth-order valence-corrected chi connectivity index (χ4v) is 3.06. The Balaban J connectivity index is 2.35. The molecule has 0 spiro atoms. The van der Waals surface area contributed by atoms with E-state index in [1.54, 1.807) is 6.08 Å². The van der Waals surface area contributed by atoms with Gasteiger partial charge in [0.2, 0.25) is 6.08 Å². The topological polar surface area (TPSA) is 32.7 Å². The summed E-state index contributed by atoms with van der Waals surface area (Å²) in [6, 6.07) is 6.06. The molecule has 19 heavy (non-hydrogen) atoms. The van der Waals surface area contributed by atoms with Crippen LogP contribution in [0.15, 0.2) is 23.2 Å². The number of halogens is 1. The van der Waals surface area contributed by atoms with E-state index >= 15 is 0 Å². The van der Waals surface area contributed by atoms with Crippen molar-refractivity contribution in [3.63, 3.8) is 0 Å². The van der Waals surface area contributed by atoms with Gasteiger partial charge < -0.3 is 4.90 Å². The fraction of sp³-hybridized carbons (Fsp3) is 0.533. The highest BCUT2D eigenvalue weighted by atomic mass is 35.5. The number of isocyanates is 1. The zero-order valence-electron chi connectivity index (χ0n) is 11.4. The number of hydrogen-bond acceptors (Lipinski definition) is 3. The van der Waals surface area contributed by atoms with Crippen LogP contribution in [-0.2, 0) is 16.9 Å². The SMILES string of the molecule is CN(C)Cc1ccc(C2(N=C=O)CCCC2)cc1Cl. The quantitative estimate of drug-likeness (QED) is 0.624. The average molecular weight is 279 g/mol. The summed E-state index contributed by atoms with van der Waals surface area (Å²) in [7, 11) is 4.03. The first kappa shape index (κ1) is 14.3. The monoisotopic (exact) mass is 278 g/mol. The molecule has 0 aromatic heterocycles. The van der Waals surface area contributed by atoms with E-state index in [1.165, 1.54) is 0 Å². The molecule has 1 aromatic carbocycles. The Morgan fingerprint density at radius 2 is 2.05 bits per heavy atom. The second kappa shape index (κ2) is 5.87. The van der Waals surface area contributed by atoms with Gasteiger partial charge in [-0.05, 0) is 44.1 Å². The molecule has 1 fully saturated rings. The predicted octanol–water partition coefficient (Wildman–Crippen LogP) is 3.51. The van der Waals surface area contributed by atoms with Gasteiger partial charge in [-0.15, -0.1) is 0 Å². The van der Waals surface area contributed by atoms with Crippen molar-refractivity contribution in [2.24, 2.45) is 4.99 Å². The second-order valence-corrected chi connectivity index (χ2v) is 5.89. The molecule has 3 nitrogen and oxygen atoms in total. The van der Waals surface area contributed by atoms with E-state index in [2.05, 4.69) is 16.0 Å². The van der Waals surface area contributed by atoms with Crippen LogP contribution in [0.5, 0.6) is 0 Å². The van der Waals surface area contributed by atoms with E-state index in [0.717, 1.165) is 48.4 Å². The summed E-state index contributed by atoms with van der Waals surface area (Å²) in [6.45, 7) is 0.809. The van der Waals surface area contributed by atoms with Crippen LogP contribution in [0.4, 0.5) is 0 Å². The number of nitrogens with zero attached hydrogens (tertiary/aromatic N) is 2. The van der Waals surface area contributed by atoms with Gasteiger partial charge >= 0.3 is 0 Å². The van der Waals surface area contributed by atoms with Crippen molar-refractivity contribution in [2.75, 3.05) is 14.1 Å². The molecule has 0 aliphatic heterocycles. The molecule has 0 radical (unpaired) electrons. The number of carbonyl (C=O) groups excluding carboxylic acids is 1. The third-order valence-electron chi connectivity index (χ3n) is 3.77. The highest BCUT2D eigenvalue weighted by Gasteiger charge is 2.35. The molecule has 4 heteroatoms. The maximum Gasteiger partial charge on any atom is 0.235 e. The number of aliphatic imine (C=N–C) groups is 1. The Morgan fingerprint density at radius 1 is 1.37 bits per heavy atom. The second-order valence-electron chi connectivity index (χ2n) is 5.49. The van der Waals surface area contributed by atoms with Crippen LogP contribution in [0.1, 0.15) is 36.8 Å². The van der Waals surface area contributed by atoms with Crippen molar-refractivity contribution in [1.82, 2.24) is 4.90 Å². The van der Waals surface area contributed by atoms with Gasteiger partial charge in [0.15, 0.2) is 0 Å². The van der Waals surface area contributed by atoms with Gasteiger partial charge in [-0.1, -0.05) is 36.6 Å². The summed E-state index contributed by atoms with van der Waals surface area (Å²) in [4.78, 5) is 16.9. The van der Waals surface area contributed by atoms with E-state index in [0.29, 0.717) is 0 Å². The summed E-state index contributed by atoms with van der Waals surface area (Å²) in [5.41, 5.74) is 1.75. The maximum atomic E-state index is 10.7. The van der Waals surface area contributed by atoms with Gasteiger partial charge in [0, 0.05) is 11.6 Å². The molecule has 0 amide bonds. The average Bonchev–Trinajstić information content (AvgIpc) is 2.81. The lowest BCUT2D eigenvalue weighted by atomic mass is 9.88. The van der Waals surface area contributed by atoms with E-state index in [9.17, 15) is 4.79 Å². The first-order valence-corrected chi connectivity index (χ1v) is 6.98. The minimum Gasteiger partial charge on any atom is -0.305 e. The Kier molecular flexibility index (Phi) is 4.41. The third kappa shape index (κ3) is 3.06. The molecular weight excluding hydrogens is 260 g/mol. The van der Waals surface area contributed by atoms with Crippen molar-refractivity contribution < 1.29 is 4.79 Å². The zero-order chi connectivity index (χ0) is 13.9. The summed E-state index contributed by atoms with van der Waals surface area (Å²) >= 11 is 6.35.